The maximum Gasteiger partial charge on any atom is 0.243 e. The van der Waals surface area contributed by atoms with Gasteiger partial charge in [-0.15, -0.1) is 0 Å². The Balaban J connectivity index is 2.35. The summed E-state index contributed by atoms with van der Waals surface area (Å²) in [6, 6.07) is 3.41. The Bertz CT molecular complexity index is 603. The fraction of sp³-hybridized carbons (Fsp3) is 0.600. The molecule has 2 unspecified atom stereocenters. The zero-order chi connectivity index (χ0) is 15.6. The Morgan fingerprint density at radius 1 is 1.38 bits per heavy atom. The fourth-order valence-electron chi connectivity index (χ4n) is 2.98. The lowest BCUT2D eigenvalue weighted by molar-refractivity contribution is 0.238. The second-order valence-corrected chi connectivity index (χ2v) is 7.82. The molecule has 0 saturated heterocycles. The monoisotopic (exact) mass is 315 g/mol. The Labute approximate surface area is 125 Å². The molecule has 0 aromatic heterocycles. The number of hydrogen-bond acceptors (Lipinski definition) is 3. The van der Waals surface area contributed by atoms with Crippen LogP contribution in [-0.2, 0) is 16.6 Å². The Kier molecular flexibility index (Phi) is 5.01. The molecule has 0 aliphatic heterocycles. The van der Waals surface area contributed by atoms with E-state index in [2.05, 4.69) is 6.92 Å². The third kappa shape index (κ3) is 3.44. The van der Waals surface area contributed by atoms with Crippen LogP contribution in [0.1, 0.15) is 38.2 Å². The highest BCUT2D eigenvalue weighted by Crippen LogP contribution is 2.31. The molecule has 21 heavy (non-hydrogen) atoms. The van der Waals surface area contributed by atoms with Crippen molar-refractivity contribution in [1.82, 2.24) is 4.31 Å². The van der Waals surface area contributed by atoms with Gasteiger partial charge < -0.3 is 5.11 Å². The first kappa shape index (κ1) is 16.4. The maximum atomic E-state index is 13.4. The lowest BCUT2D eigenvalue weighted by atomic mass is 9.87. The van der Waals surface area contributed by atoms with Gasteiger partial charge in [-0.3, -0.25) is 0 Å². The SMILES string of the molecule is CC1CCCC(N(C)S(=O)(=O)c2cc(F)ccc2CO)C1. The summed E-state index contributed by atoms with van der Waals surface area (Å²) in [4.78, 5) is -0.134. The molecule has 2 rings (SSSR count). The van der Waals surface area contributed by atoms with Crippen molar-refractivity contribution in [3.63, 3.8) is 0 Å². The predicted octanol–water partition coefficient (Wildman–Crippen LogP) is 2.52. The number of benzene rings is 1. The Morgan fingerprint density at radius 2 is 2.10 bits per heavy atom. The van der Waals surface area contributed by atoms with Crippen LogP contribution in [0.15, 0.2) is 23.1 Å². The van der Waals surface area contributed by atoms with E-state index in [9.17, 15) is 17.9 Å². The fourth-order valence-corrected chi connectivity index (χ4v) is 4.60. The summed E-state index contributed by atoms with van der Waals surface area (Å²) >= 11 is 0. The number of hydrogen-bond donors (Lipinski definition) is 1. The van der Waals surface area contributed by atoms with Gasteiger partial charge in [0.25, 0.3) is 0 Å². The van der Waals surface area contributed by atoms with Gasteiger partial charge in [-0.2, -0.15) is 4.31 Å². The zero-order valence-electron chi connectivity index (χ0n) is 12.4. The van der Waals surface area contributed by atoms with E-state index >= 15 is 0 Å². The van der Waals surface area contributed by atoms with Gasteiger partial charge >= 0.3 is 0 Å². The summed E-state index contributed by atoms with van der Waals surface area (Å²) in [6.45, 7) is 1.69. The first-order valence-electron chi connectivity index (χ1n) is 7.23. The van der Waals surface area contributed by atoms with Crippen LogP contribution in [0.4, 0.5) is 4.39 Å². The van der Waals surface area contributed by atoms with Crippen LogP contribution in [0.5, 0.6) is 0 Å². The molecule has 0 radical (unpaired) electrons. The van der Waals surface area contributed by atoms with Crippen molar-refractivity contribution in [2.45, 2.75) is 50.2 Å². The summed E-state index contributed by atoms with van der Waals surface area (Å²) < 4.78 is 40.2. The van der Waals surface area contributed by atoms with Crippen molar-refractivity contribution < 1.29 is 17.9 Å². The first-order chi connectivity index (χ1) is 9.86. The minimum Gasteiger partial charge on any atom is -0.392 e. The van der Waals surface area contributed by atoms with Gasteiger partial charge in [-0.25, -0.2) is 12.8 Å². The largest absolute Gasteiger partial charge is 0.392 e. The standard InChI is InChI=1S/C15H22FNO3S/c1-11-4-3-5-14(8-11)17(2)21(19,20)15-9-13(16)7-6-12(15)10-18/h6-7,9,11,14,18H,3-5,8,10H2,1-2H3. The van der Waals surface area contributed by atoms with Crippen molar-refractivity contribution in [1.29, 1.82) is 0 Å². The highest BCUT2D eigenvalue weighted by atomic mass is 32.2. The summed E-state index contributed by atoms with van der Waals surface area (Å²) in [5, 5.41) is 9.30. The molecule has 2 atom stereocenters. The third-order valence-electron chi connectivity index (χ3n) is 4.28. The van der Waals surface area contributed by atoms with Crippen LogP contribution < -0.4 is 0 Å². The van der Waals surface area contributed by atoms with E-state index in [0.29, 0.717) is 5.92 Å². The van der Waals surface area contributed by atoms with E-state index in [1.165, 1.54) is 10.4 Å². The van der Waals surface area contributed by atoms with Crippen LogP contribution in [0, 0.1) is 11.7 Å². The predicted molar refractivity (Wildman–Crippen MR) is 78.7 cm³/mol. The van der Waals surface area contributed by atoms with Gasteiger partial charge in [0.05, 0.1) is 11.5 Å². The van der Waals surface area contributed by atoms with Gasteiger partial charge in [0.1, 0.15) is 5.82 Å². The number of sulfonamides is 1. The maximum absolute atomic E-state index is 13.4. The van der Waals surface area contributed by atoms with Gasteiger partial charge in [0.2, 0.25) is 10.0 Å². The molecule has 0 heterocycles. The summed E-state index contributed by atoms with van der Waals surface area (Å²) in [6.07, 6.45) is 3.76. The lowest BCUT2D eigenvalue weighted by Gasteiger charge is -2.33. The summed E-state index contributed by atoms with van der Waals surface area (Å²) in [5.74, 6) is -0.123. The number of aliphatic hydroxyl groups excluding tert-OH is 1. The number of halogens is 1. The molecular weight excluding hydrogens is 293 g/mol. The summed E-state index contributed by atoms with van der Waals surface area (Å²) in [5.41, 5.74) is 0.229. The molecule has 1 fully saturated rings. The molecule has 1 aliphatic rings. The highest BCUT2D eigenvalue weighted by Gasteiger charge is 2.32. The average Bonchev–Trinajstić information content (AvgIpc) is 2.46. The highest BCUT2D eigenvalue weighted by molar-refractivity contribution is 7.89. The van der Waals surface area contributed by atoms with Crippen molar-refractivity contribution in [2.24, 2.45) is 5.92 Å². The molecule has 1 aliphatic carbocycles. The molecule has 1 N–H and O–H groups in total. The molecule has 0 amide bonds. The van der Waals surface area contributed by atoms with Crippen molar-refractivity contribution in [3.05, 3.63) is 29.6 Å². The first-order valence-corrected chi connectivity index (χ1v) is 8.67. The van der Waals surface area contributed by atoms with Crippen LogP contribution in [-0.4, -0.2) is 30.9 Å². The van der Waals surface area contributed by atoms with Crippen LogP contribution in [0.3, 0.4) is 0 Å². The number of nitrogens with zero attached hydrogens (tertiary/aromatic N) is 1. The third-order valence-corrected chi connectivity index (χ3v) is 6.27. The van der Waals surface area contributed by atoms with E-state index in [1.807, 2.05) is 0 Å². The van der Waals surface area contributed by atoms with Gasteiger partial charge in [0.15, 0.2) is 0 Å². The molecule has 0 spiro atoms. The van der Waals surface area contributed by atoms with Crippen LogP contribution in [0.2, 0.25) is 0 Å². The molecule has 1 aromatic carbocycles. The average molecular weight is 315 g/mol. The van der Waals surface area contributed by atoms with Gasteiger partial charge in [-0.1, -0.05) is 25.8 Å². The van der Waals surface area contributed by atoms with Crippen molar-refractivity contribution >= 4 is 10.0 Å². The van der Waals surface area contributed by atoms with E-state index < -0.39 is 22.4 Å². The molecule has 6 heteroatoms. The lowest BCUT2D eigenvalue weighted by Crippen LogP contribution is -2.40. The second kappa shape index (κ2) is 6.42. The van der Waals surface area contributed by atoms with E-state index in [0.717, 1.165) is 37.8 Å². The van der Waals surface area contributed by atoms with E-state index in [1.54, 1.807) is 7.05 Å². The van der Waals surface area contributed by atoms with Gasteiger partial charge in [0, 0.05) is 13.1 Å². The summed E-state index contributed by atoms with van der Waals surface area (Å²) in [7, 11) is -2.25. The smallest absolute Gasteiger partial charge is 0.243 e. The molecule has 1 saturated carbocycles. The molecule has 1 aromatic rings. The van der Waals surface area contributed by atoms with Gasteiger partial charge in [-0.05, 0) is 36.5 Å². The van der Waals surface area contributed by atoms with Crippen molar-refractivity contribution in [3.8, 4) is 0 Å². The minimum atomic E-state index is -3.79. The van der Waals surface area contributed by atoms with Crippen LogP contribution in [0.25, 0.3) is 0 Å². The van der Waals surface area contributed by atoms with E-state index in [4.69, 9.17) is 0 Å². The second-order valence-electron chi connectivity index (χ2n) is 5.86. The van der Waals surface area contributed by atoms with Crippen LogP contribution >= 0.6 is 0 Å². The Hall–Kier alpha value is -0.980. The normalized spacial score (nSPS) is 23.5. The minimum absolute atomic E-state index is 0.0615. The number of rotatable bonds is 4. The molecule has 0 bridgehead atoms. The van der Waals surface area contributed by atoms with Crippen molar-refractivity contribution in [2.75, 3.05) is 7.05 Å². The zero-order valence-corrected chi connectivity index (χ0v) is 13.2. The Morgan fingerprint density at radius 3 is 2.71 bits per heavy atom. The molecule has 4 nitrogen and oxygen atoms in total. The molecule has 118 valence electrons. The topological polar surface area (TPSA) is 57.6 Å². The van der Waals surface area contributed by atoms with E-state index in [-0.39, 0.29) is 16.5 Å². The quantitative estimate of drug-likeness (QED) is 0.929. The molecular formula is C15H22FNO3S. The number of aliphatic hydroxyl groups is 1.